The molecular formula is C15H22N4P2. The first kappa shape index (κ1) is 19.8. The van der Waals surface area contributed by atoms with Crippen LogP contribution in [0.2, 0.25) is 0 Å². The summed E-state index contributed by atoms with van der Waals surface area (Å²) in [5, 5.41) is 34.7. The minimum Gasteiger partial charge on any atom is -0.198 e. The van der Waals surface area contributed by atoms with Crippen LogP contribution >= 0.6 is 15.8 Å². The molecule has 0 amide bonds. The maximum absolute atomic E-state index is 8.69. The van der Waals surface area contributed by atoms with E-state index in [0.29, 0.717) is 25.7 Å². The van der Waals surface area contributed by atoms with Crippen LogP contribution in [0.3, 0.4) is 0 Å². The number of hydrogen-bond acceptors (Lipinski definition) is 4. The van der Waals surface area contributed by atoms with Crippen molar-refractivity contribution in [2.45, 2.75) is 32.1 Å². The number of rotatable bonds is 12. The topological polar surface area (TPSA) is 95.2 Å². The van der Waals surface area contributed by atoms with E-state index in [0.717, 1.165) is 43.4 Å². The van der Waals surface area contributed by atoms with E-state index >= 15 is 0 Å². The summed E-state index contributed by atoms with van der Waals surface area (Å²) in [6, 6.07) is 8.78. The summed E-state index contributed by atoms with van der Waals surface area (Å²) < 4.78 is 0. The van der Waals surface area contributed by atoms with Gasteiger partial charge in [0, 0.05) is 25.7 Å². The highest BCUT2D eigenvalue weighted by Crippen LogP contribution is 2.42. The SMILES string of the molecule is N#CCCP(CCC#N)CCCP(CCC#N)CCC#N. The van der Waals surface area contributed by atoms with Gasteiger partial charge in [-0.2, -0.15) is 21.0 Å². The van der Waals surface area contributed by atoms with Gasteiger partial charge in [0.2, 0.25) is 0 Å². The summed E-state index contributed by atoms with van der Waals surface area (Å²) >= 11 is 0. The molecule has 0 rings (SSSR count). The highest BCUT2D eigenvalue weighted by atomic mass is 31.1. The maximum Gasteiger partial charge on any atom is 0.0625 e. The van der Waals surface area contributed by atoms with Crippen molar-refractivity contribution in [1.82, 2.24) is 0 Å². The zero-order valence-electron chi connectivity index (χ0n) is 12.5. The zero-order valence-corrected chi connectivity index (χ0v) is 14.3. The maximum atomic E-state index is 8.69. The van der Waals surface area contributed by atoms with Gasteiger partial charge < -0.3 is 0 Å². The fourth-order valence-electron chi connectivity index (χ4n) is 2.02. The Hall–Kier alpha value is -1.18. The summed E-state index contributed by atoms with van der Waals surface area (Å²) in [7, 11) is -0.387. The summed E-state index contributed by atoms with van der Waals surface area (Å²) in [5.41, 5.74) is 0. The molecule has 0 aromatic carbocycles. The molecule has 0 saturated carbocycles. The molecule has 0 aromatic rings. The predicted octanol–water partition coefficient (Wildman–Crippen LogP) is 4.00. The fourth-order valence-corrected chi connectivity index (χ4v) is 6.49. The Morgan fingerprint density at radius 2 is 0.762 bits per heavy atom. The highest BCUT2D eigenvalue weighted by molar-refractivity contribution is 7.58. The molecule has 0 aliphatic rings. The Balaban J connectivity index is 4.10. The Morgan fingerprint density at radius 3 is 1.00 bits per heavy atom. The molecule has 0 saturated heterocycles. The lowest BCUT2D eigenvalue weighted by atomic mass is 10.5. The lowest BCUT2D eigenvalue weighted by Gasteiger charge is -2.18. The molecule has 0 heterocycles. The predicted molar refractivity (Wildman–Crippen MR) is 88.6 cm³/mol. The third-order valence-corrected chi connectivity index (χ3v) is 8.43. The summed E-state index contributed by atoms with van der Waals surface area (Å²) in [5.74, 6) is 0. The molecule has 0 bridgehead atoms. The van der Waals surface area contributed by atoms with Gasteiger partial charge in [-0.05, 0) is 43.4 Å². The average Bonchev–Trinajstić information content (AvgIpc) is 2.51. The van der Waals surface area contributed by atoms with Crippen molar-refractivity contribution in [2.75, 3.05) is 37.0 Å². The molecule has 0 aromatic heterocycles. The lowest BCUT2D eigenvalue weighted by molar-refractivity contribution is 1.05. The Kier molecular flexibility index (Phi) is 14.4. The normalized spacial score (nSPS) is 9.81. The van der Waals surface area contributed by atoms with Crippen molar-refractivity contribution in [3.63, 3.8) is 0 Å². The van der Waals surface area contributed by atoms with Crippen LogP contribution in [0.25, 0.3) is 0 Å². The molecule has 0 radical (unpaired) electrons. The van der Waals surface area contributed by atoms with Gasteiger partial charge in [0.25, 0.3) is 0 Å². The van der Waals surface area contributed by atoms with E-state index in [1.54, 1.807) is 0 Å². The molecule has 21 heavy (non-hydrogen) atoms. The number of hydrogen-bond donors (Lipinski definition) is 0. The third kappa shape index (κ3) is 12.3. The second kappa shape index (κ2) is 15.2. The van der Waals surface area contributed by atoms with Gasteiger partial charge in [0.05, 0.1) is 24.3 Å². The minimum atomic E-state index is -0.194. The molecule has 0 spiro atoms. The van der Waals surface area contributed by atoms with Crippen LogP contribution in [-0.4, -0.2) is 37.0 Å². The van der Waals surface area contributed by atoms with Crippen LogP contribution in [0.15, 0.2) is 0 Å². The molecular weight excluding hydrogens is 298 g/mol. The summed E-state index contributed by atoms with van der Waals surface area (Å²) in [6.07, 6.45) is 9.51. The molecule has 6 heteroatoms. The molecule has 0 atom stereocenters. The smallest absolute Gasteiger partial charge is 0.0625 e. The highest BCUT2D eigenvalue weighted by Gasteiger charge is 2.11. The van der Waals surface area contributed by atoms with E-state index < -0.39 is 0 Å². The monoisotopic (exact) mass is 320 g/mol. The molecule has 0 aliphatic carbocycles. The van der Waals surface area contributed by atoms with Gasteiger partial charge in [-0.15, -0.1) is 15.8 Å². The van der Waals surface area contributed by atoms with Gasteiger partial charge in [-0.3, -0.25) is 0 Å². The number of nitrogens with zero attached hydrogens (tertiary/aromatic N) is 4. The summed E-state index contributed by atoms with van der Waals surface area (Å²) in [6.45, 7) is 0. The van der Waals surface area contributed by atoms with Crippen molar-refractivity contribution in [3.05, 3.63) is 0 Å². The minimum absolute atomic E-state index is 0.194. The van der Waals surface area contributed by atoms with E-state index in [1.165, 1.54) is 0 Å². The van der Waals surface area contributed by atoms with E-state index in [2.05, 4.69) is 24.3 Å². The van der Waals surface area contributed by atoms with E-state index in [4.69, 9.17) is 21.0 Å². The van der Waals surface area contributed by atoms with Crippen LogP contribution in [0, 0.1) is 45.3 Å². The van der Waals surface area contributed by atoms with Gasteiger partial charge in [0.15, 0.2) is 0 Å². The largest absolute Gasteiger partial charge is 0.198 e. The quantitative estimate of drug-likeness (QED) is 0.508. The first-order valence-electron chi connectivity index (χ1n) is 7.21. The zero-order chi connectivity index (χ0) is 15.8. The van der Waals surface area contributed by atoms with Gasteiger partial charge in [0.1, 0.15) is 0 Å². The van der Waals surface area contributed by atoms with Gasteiger partial charge in [-0.25, -0.2) is 0 Å². The van der Waals surface area contributed by atoms with Crippen LogP contribution in [0.5, 0.6) is 0 Å². The van der Waals surface area contributed by atoms with Crippen molar-refractivity contribution < 1.29 is 0 Å². The van der Waals surface area contributed by atoms with Gasteiger partial charge >= 0.3 is 0 Å². The molecule has 0 N–H and O–H groups in total. The molecule has 0 unspecified atom stereocenters. The van der Waals surface area contributed by atoms with Crippen LogP contribution in [0.4, 0.5) is 0 Å². The summed E-state index contributed by atoms with van der Waals surface area (Å²) in [4.78, 5) is 0. The molecule has 4 nitrogen and oxygen atoms in total. The standard InChI is InChI=1S/C15H22N4P2/c16-6-1-10-20(11-2-7-17)14-5-15-21(12-3-8-18)13-4-9-19/h1-5,10-15H2. The Bertz CT molecular complexity index is 349. The van der Waals surface area contributed by atoms with Gasteiger partial charge in [-0.1, -0.05) is 0 Å². The molecule has 0 fully saturated rings. The Labute approximate surface area is 130 Å². The first-order valence-corrected chi connectivity index (χ1v) is 11.0. The second-order valence-corrected chi connectivity index (χ2v) is 10.0. The second-order valence-electron chi connectivity index (χ2n) is 4.67. The average molecular weight is 320 g/mol. The van der Waals surface area contributed by atoms with E-state index in [9.17, 15) is 0 Å². The van der Waals surface area contributed by atoms with Crippen LogP contribution in [-0.2, 0) is 0 Å². The van der Waals surface area contributed by atoms with E-state index in [-0.39, 0.29) is 15.8 Å². The molecule has 112 valence electrons. The first-order chi connectivity index (χ1) is 10.3. The van der Waals surface area contributed by atoms with E-state index in [1.807, 2.05) is 0 Å². The van der Waals surface area contributed by atoms with Crippen LogP contribution in [0.1, 0.15) is 32.1 Å². The lowest BCUT2D eigenvalue weighted by Crippen LogP contribution is -2.00. The third-order valence-electron chi connectivity index (χ3n) is 3.11. The Morgan fingerprint density at radius 1 is 0.476 bits per heavy atom. The van der Waals surface area contributed by atoms with Crippen molar-refractivity contribution in [3.8, 4) is 24.3 Å². The molecule has 0 aliphatic heterocycles. The van der Waals surface area contributed by atoms with Crippen molar-refractivity contribution in [1.29, 1.82) is 21.0 Å². The van der Waals surface area contributed by atoms with Crippen molar-refractivity contribution in [2.24, 2.45) is 0 Å². The van der Waals surface area contributed by atoms with Crippen molar-refractivity contribution >= 4 is 15.8 Å². The van der Waals surface area contributed by atoms with Crippen LogP contribution < -0.4 is 0 Å². The fraction of sp³-hybridized carbons (Fsp3) is 0.733. The number of nitriles is 4.